The number of fused-ring (bicyclic) bond motifs is 1. The van der Waals surface area contributed by atoms with Gasteiger partial charge in [-0.3, -0.25) is 9.89 Å². The summed E-state index contributed by atoms with van der Waals surface area (Å²) in [7, 11) is 0. The lowest BCUT2D eigenvalue weighted by Gasteiger charge is -2.26. The van der Waals surface area contributed by atoms with Gasteiger partial charge in [0.1, 0.15) is 5.69 Å². The molecule has 2 heterocycles. The summed E-state index contributed by atoms with van der Waals surface area (Å²) in [5.74, 6) is -0.358. The molecule has 20 heavy (non-hydrogen) atoms. The molecule has 1 aliphatic heterocycles. The van der Waals surface area contributed by atoms with Crippen LogP contribution in [-0.2, 0) is 12.6 Å². The maximum Gasteiger partial charge on any atom is 0.416 e. The molecule has 0 fully saturated rings. The van der Waals surface area contributed by atoms with Gasteiger partial charge in [0.15, 0.2) is 0 Å². The minimum Gasteiger partial charge on any atom is -0.307 e. The van der Waals surface area contributed by atoms with E-state index < -0.39 is 11.7 Å². The number of hydrogen-bond acceptors (Lipinski definition) is 2. The predicted molar refractivity (Wildman–Crippen MR) is 65.4 cm³/mol. The first kappa shape index (κ1) is 12.7. The lowest BCUT2D eigenvalue weighted by atomic mass is 10.1. The van der Waals surface area contributed by atoms with Crippen molar-refractivity contribution in [3.8, 4) is 0 Å². The SMILES string of the molecule is O=C1c2[nH]ncc2CCN1c1cccc(C(F)(F)F)c1. The van der Waals surface area contributed by atoms with Crippen molar-refractivity contribution in [2.45, 2.75) is 12.6 Å². The first-order valence-electron chi connectivity index (χ1n) is 5.98. The van der Waals surface area contributed by atoms with Crippen LogP contribution in [0, 0.1) is 0 Å². The molecule has 3 rings (SSSR count). The highest BCUT2D eigenvalue weighted by atomic mass is 19.4. The van der Waals surface area contributed by atoms with Gasteiger partial charge in [-0.05, 0) is 24.6 Å². The van der Waals surface area contributed by atoms with E-state index in [1.807, 2.05) is 0 Å². The van der Waals surface area contributed by atoms with Crippen LogP contribution in [0.3, 0.4) is 0 Å². The second-order valence-electron chi connectivity index (χ2n) is 4.53. The third-order valence-corrected chi connectivity index (χ3v) is 3.27. The largest absolute Gasteiger partial charge is 0.416 e. The van der Waals surface area contributed by atoms with E-state index >= 15 is 0 Å². The average molecular weight is 281 g/mol. The van der Waals surface area contributed by atoms with Crippen molar-refractivity contribution in [1.82, 2.24) is 10.2 Å². The highest BCUT2D eigenvalue weighted by Gasteiger charge is 2.32. The van der Waals surface area contributed by atoms with Crippen LogP contribution in [0.25, 0.3) is 0 Å². The van der Waals surface area contributed by atoms with Crippen molar-refractivity contribution in [3.63, 3.8) is 0 Å². The van der Waals surface area contributed by atoms with Crippen LogP contribution >= 0.6 is 0 Å². The first-order chi connectivity index (χ1) is 9.47. The van der Waals surface area contributed by atoms with E-state index in [1.165, 1.54) is 17.0 Å². The fraction of sp³-hybridized carbons (Fsp3) is 0.231. The zero-order valence-corrected chi connectivity index (χ0v) is 10.2. The van der Waals surface area contributed by atoms with Gasteiger partial charge in [0.25, 0.3) is 5.91 Å². The van der Waals surface area contributed by atoms with Gasteiger partial charge in [0, 0.05) is 17.8 Å². The molecule has 0 spiro atoms. The Bertz CT molecular complexity index is 663. The van der Waals surface area contributed by atoms with Crippen LogP contribution in [0.4, 0.5) is 18.9 Å². The summed E-state index contributed by atoms with van der Waals surface area (Å²) in [6.07, 6.45) is -2.29. The number of carbonyl (C=O) groups is 1. The van der Waals surface area contributed by atoms with Gasteiger partial charge in [-0.25, -0.2) is 0 Å². The number of aromatic amines is 1. The van der Waals surface area contributed by atoms with E-state index in [4.69, 9.17) is 0 Å². The second kappa shape index (κ2) is 4.36. The minimum absolute atomic E-state index is 0.241. The summed E-state index contributed by atoms with van der Waals surface area (Å²) in [6, 6.07) is 4.77. The van der Waals surface area contributed by atoms with Gasteiger partial charge in [0.2, 0.25) is 0 Å². The molecule has 0 bridgehead atoms. The topological polar surface area (TPSA) is 49.0 Å². The molecule has 0 unspecified atom stereocenters. The standard InChI is InChI=1S/C13H10F3N3O/c14-13(15,16)9-2-1-3-10(6-9)19-5-4-8-7-17-18-11(8)12(19)20/h1-3,6-7H,4-5H2,(H,17,18). The molecule has 0 saturated heterocycles. The maximum atomic E-state index is 12.7. The molecule has 2 aromatic rings. The van der Waals surface area contributed by atoms with Crippen molar-refractivity contribution >= 4 is 11.6 Å². The molecule has 0 radical (unpaired) electrons. The van der Waals surface area contributed by atoms with E-state index in [-0.39, 0.29) is 11.6 Å². The molecule has 1 aromatic heterocycles. The van der Waals surface area contributed by atoms with Gasteiger partial charge in [-0.15, -0.1) is 0 Å². The fourth-order valence-electron chi connectivity index (χ4n) is 2.25. The van der Waals surface area contributed by atoms with Gasteiger partial charge in [0.05, 0.1) is 11.8 Å². The number of H-pyrrole nitrogens is 1. The molecule has 7 heteroatoms. The monoisotopic (exact) mass is 281 g/mol. The molecule has 1 aliphatic rings. The number of rotatable bonds is 1. The molecule has 0 atom stereocenters. The highest BCUT2D eigenvalue weighted by molar-refractivity contribution is 6.06. The number of amides is 1. The quantitative estimate of drug-likeness (QED) is 0.873. The number of alkyl halides is 3. The van der Waals surface area contributed by atoms with Crippen molar-refractivity contribution in [3.05, 3.63) is 47.3 Å². The van der Waals surface area contributed by atoms with Gasteiger partial charge >= 0.3 is 6.18 Å². The predicted octanol–water partition coefficient (Wildman–Crippen LogP) is 2.63. The van der Waals surface area contributed by atoms with Crippen LogP contribution in [0.1, 0.15) is 21.6 Å². The zero-order valence-electron chi connectivity index (χ0n) is 10.2. The van der Waals surface area contributed by atoms with Gasteiger partial charge in [-0.1, -0.05) is 6.07 Å². The molecule has 1 aromatic carbocycles. The number of benzene rings is 1. The molecule has 1 amide bonds. The number of anilines is 1. The number of carbonyl (C=O) groups excluding carboxylic acids is 1. The van der Waals surface area contributed by atoms with Crippen LogP contribution in [0.5, 0.6) is 0 Å². The van der Waals surface area contributed by atoms with Gasteiger partial charge in [-0.2, -0.15) is 18.3 Å². The molecule has 1 N–H and O–H groups in total. The van der Waals surface area contributed by atoms with Crippen LogP contribution < -0.4 is 4.90 Å². The smallest absolute Gasteiger partial charge is 0.307 e. The van der Waals surface area contributed by atoms with E-state index in [9.17, 15) is 18.0 Å². The van der Waals surface area contributed by atoms with E-state index in [0.717, 1.165) is 17.7 Å². The summed E-state index contributed by atoms with van der Waals surface area (Å²) in [5, 5.41) is 6.38. The number of aromatic nitrogens is 2. The highest BCUT2D eigenvalue weighted by Crippen LogP contribution is 2.32. The Morgan fingerprint density at radius 2 is 2.10 bits per heavy atom. The first-order valence-corrected chi connectivity index (χ1v) is 5.98. The Morgan fingerprint density at radius 1 is 1.30 bits per heavy atom. The molecular formula is C13H10F3N3O. The van der Waals surface area contributed by atoms with Crippen LogP contribution in [-0.4, -0.2) is 22.6 Å². The van der Waals surface area contributed by atoms with Gasteiger partial charge < -0.3 is 4.90 Å². The van der Waals surface area contributed by atoms with E-state index in [2.05, 4.69) is 10.2 Å². The van der Waals surface area contributed by atoms with Crippen LogP contribution in [0.15, 0.2) is 30.5 Å². The number of nitrogens with zero attached hydrogens (tertiary/aromatic N) is 2. The Morgan fingerprint density at radius 3 is 2.85 bits per heavy atom. The third-order valence-electron chi connectivity index (χ3n) is 3.27. The Labute approximate surface area is 112 Å². The lowest BCUT2D eigenvalue weighted by molar-refractivity contribution is -0.137. The summed E-state index contributed by atoms with van der Waals surface area (Å²) in [6.45, 7) is 0.340. The van der Waals surface area contributed by atoms with Crippen molar-refractivity contribution in [1.29, 1.82) is 0 Å². The average Bonchev–Trinajstić information content (AvgIpc) is 2.87. The Kier molecular flexibility index (Phi) is 2.77. The molecule has 104 valence electrons. The Hall–Kier alpha value is -2.31. The summed E-state index contributed by atoms with van der Waals surface area (Å²) in [4.78, 5) is 13.5. The lowest BCUT2D eigenvalue weighted by Crippen LogP contribution is -2.37. The zero-order chi connectivity index (χ0) is 14.3. The van der Waals surface area contributed by atoms with E-state index in [1.54, 1.807) is 6.20 Å². The maximum absolute atomic E-state index is 12.7. The number of hydrogen-bond donors (Lipinski definition) is 1. The number of halogens is 3. The van der Waals surface area contributed by atoms with Crippen LogP contribution in [0.2, 0.25) is 0 Å². The summed E-state index contributed by atoms with van der Waals surface area (Å²) < 4.78 is 38.1. The third kappa shape index (κ3) is 2.04. The summed E-state index contributed by atoms with van der Waals surface area (Å²) in [5.41, 5.74) is 0.607. The molecule has 0 saturated carbocycles. The fourth-order valence-corrected chi connectivity index (χ4v) is 2.25. The molecular weight excluding hydrogens is 271 g/mol. The molecule has 4 nitrogen and oxygen atoms in total. The normalized spacial score (nSPS) is 15.3. The Balaban J connectivity index is 1.97. The molecule has 0 aliphatic carbocycles. The van der Waals surface area contributed by atoms with Crippen molar-refractivity contribution in [2.75, 3.05) is 11.4 Å². The number of nitrogens with one attached hydrogen (secondary N) is 1. The van der Waals surface area contributed by atoms with E-state index in [0.29, 0.717) is 18.7 Å². The minimum atomic E-state index is -4.42. The van der Waals surface area contributed by atoms with Crippen molar-refractivity contribution in [2.24, 2.45) is 0 Å². The van der Waals surface area contributed by atoms with Crippen molar-refractivity contribution < 1.29 is 18.0 Å². The second-order valence-corrected chi connectivity index (χ2v) is 4.53. The summed E-state index contributed by atoms with van der Waals surface area (Å²) >= 11 is 0.